The van der Waals surface area contributed by atoms with E-state index < -0.39 is 0 Å². The fourth-order valence-corrected chi connectivity index (χ4v) is 2.10. The Bertz CT molecular complexity index is 328. The molecule has 1 aromatic rings. The molecule has 1 unspecified atom stereocenters. The summed E-state index contributed by atoms with van der Waals surface area (Å²) in [6.45, 7) is 6.36. The number of halogens is 2. The maximum absolute atomic E-state index is 13.2. The fraction of sp³-hybridized carbons (Fsp3) is 0.538. The smallest absolute Gasteiger partial charge is 0.137 e. The van der Waals surface area contributed by atoms with E-state index in [-0.39, 0.29) is 5.82 Å². The Morgan fingerprint density at radius 1 is 1.44 bits per heavy atom. The van der Waals surface area contributed by atoms with Gasteiger partial charge >= 0.3 is 0 Å². The zero-order chi connectivity index (χ0) is 12.0. The molecule has 0 saturated carbocycles. The lowest BCUT2D eigenvalue weighted by Crippen LogP contribution is -2.20. The van der Waals surface area contributed by atoms with Crippen LogP contribution < -0.4 is 5.32 Å². The molecule has 0 aliphatic heterocycles. The van der Waals surface area contributed by atoms with E-state index in [9.17, 15) is 4.39 Å². The number of aryl methyl sites for hydroxylation is 1. The van der Waals surface area contributed by atoms with E-state index in [2.05, 4.69) is 35.1 Å². The lowest BCUT2D eigenvalue weighted by atomic mass is 10.0. The van der Waals surface area contributed by atoms with Crippen molar-refractivity contribution in [1.29, 1.82) is 0 Å². The largest absolute Gasteiger partial charge is 0.317 e. The fourth-order valence-electron chi connectivity index (χ4n) is 1.64. The van der Waals surface area contributed by atoms with Gasteiger partial charge in [-0.15, -0.1) is 0 Å². The second-order valence-electron chi connectivity index (χ2n) is 4.16. The molecule has 0 aliphatic rings. The van der Waals surface area contributed by atoms with Crippen LogP contribution in [0.5, 0.6) is 0 Å². The highest BCUT2D eigenvalue weighted by Gasteiger charge is 2.07. The summed E-state index contributed by atoms with van der Waals surface area (Å²) in [5, 5.41) is 3.32. The van der Waals surface area contributed by atoms with Gasteiger partial charge in [0.1, 0.15) is 5.82 Å². The lowest BCUT2D eigenvalue weighted by Gasteiger charge is -2.12. The SMILES string of the molecule is CCNCC(C)CCc1cccc(F)c1Br. The molecule has 0 radical (unpaired) electrons. The number of hydrogen-bond acceptors (Lipinski definition) is 1. The average Bonchev–Trinajstić information content (AvgIpc) is 2.28. The van der Waals surface area contributed by atoms with Crippen LogP contribution in [0.4, 0.5) is 4.39 Å². The second-order valence-corrected chi connectivity index (χ2v) is 4.96. The van der Waals surface area contributed by atoms with E-state index >= 15 is 0 Å². The van der Waals surface area contributed by atoms with Crippen molar-refractivity contribution < 1.29 is 4.39 Å². The van der Waals surface area contributed by atoms with Crippen LogP contribution in [-0.4, -0.2) is 13.1 Å². The predicted molar refractivity (Wildman–Crippen MR) is 70.1 cm³/mol. The quantitative estimate of drug-likeness (QED) is 0.840. The van der Waals surface area contributed by atoms with Crippen LogP contribution in [0.25, 0.3) is 0 Å². The summed E-state index contributed by atoms with van der Waals surface area (Å²) < 4.78 is 13.9. The number of nitrogens with one attached hydrogen (secondary N) is 1. The zero-order valence-electron chi connectivity index (χ0n) is 9.89. The third-order valence-electron chi connectivity index (χ3n) is 2.68. The Labute approximate surface area is 106 Å². The van der Waals surface area contributed by atoms with Crippen molar-refractivity contribution in [2.75, 3.05) is 13.1 Å². The van der Waals surface area contributed by atoms with E-state index in [0.717, 1.165) is 31.5 Å². The van der Waals surface area contributed by atoms with Crippen molar-refractivity contribution in [2.24, 2.45) is 5.92 Å². The molecular weight excluding hydrogens is 269 g/mol. The minimum Gasteiger partial charge on any atom is -0.317 e. The third kappa shape index (κ3) is 4.22. The Morgan fingerprint density at radius 2 is 2.19 bits per heavy atom. The number of benzene rings is 1. The van der Waals surface area contributed by atoms with Crippen molar-refractivity contribution in [3.8, 4) is 0 Å². The van der Waals surface area contributed by atoms with Crippen LogP contribution in [0.15, 0.2) is 22.7 Å². The molecule has 0 bridgehead atoms. The van der Waals surface area contributed by atoms with Gasteiger partial charge in [-0.1, -0.05) is 26.0 Å². The molecule has 1 aromatic carbocycles. The minimum absolute atomic E-state index is 0.170. The van der Waals surface area contributed by atoms with Crippen LogP contribution in [-0.2, 0) is 6.42 Å². The molecule has 0 spiro atoms. The van der Waals surface area contributed by atoms with E-state index in [0.29, 0.717) is 10.4 Å². The van der Waals surface area contributed by atoms with E-state index in [4.69, 9.17) is 0 Å². The summed E-state index contributed by atoms with van der Waals surface area (Å²) >= 11 is 3.29. The molecule has 16 heavy (non-hydrogen) atoms. The van der Waals surface area contributed by atoms with E-state index in [1.165, 1.54) is 6.07 Å². The van der Waals surface area contributed by atoms with Gasteiger partial charge in [-0.05, 0) is 59.4 Å². The summed E-state index contributed by atoms with van der Waals surface area (Å²) in [5.41, 5.74) is 1.06. The van der Waals surface area contributed by atoms with Crippen LogP contribution in [0, 0.1) is 11.7 Å². The first-order chi connectivity index (χ1) is 7.65. The molecule has 1 rings (SSSR count). The van der Waals surface area contributed by atoms with Gasteiger partial charge in [-0.25, -0.2) is 4.39 Å². The summed E-state index contributed by atoms with van der Waals surface area (Å²) in [6.07, 6.45) is 2.00. The van der Waals surface area contributed by atoms with Gasteiger partial charge in [0, 0.05) is 0 Å². The molecule has 0 saturated heterocycles. The van der Waals surface area contributed by atoms with Gasteiger partial charge in [0.25, 0.3) is 0 Å². The molecule has 0 aromatic heterocycles. The van der Waals surface area contributed by atoms with E-state index in [1.54, 1.807) is 6.07 Å². The third-order valence-corrected chi connectivity index (χ3v) is 3.57. The highest BCUT2D eigenvalue weighted by atomic mass is 79.9. The maximum Gasteiger partial charge on any atom is 0.137 e. The standard InChI is InChI=1S/C13H19BrFN/c1-3-16-9-10(2)7-8-11-5-4-6-12(15)13(11)14/h4-6,10,16H,3,7-9H2,1-2H3. The Kier molecular flexibility index (Phi) is 5.99. The Balaban J connectivity index is 2.45. The molecule has 0 fully saturated rings. The van der Waals surface area contributed by atoms with Crippen LogP contribution in [0.1, 0.15) is 25.8 Å². The summed E-state index contributed by atoms with van der Waals surface area (Å²) in [4.78, 5) is 0. The van der Waals surface area contributed by atoms with Crippen LogP contribution >= 0.6 is 15.9 Å². The molecular formula is C13H19BrFN. The summed E-state index contributed by atoms with van der Waals surface area (Å²) in [6, 6.07) is 5.23. The Morgan fingerprint density at radius 3 is 2.88 bits per heavy atom. The van der Waals surface area contributed by atoms with Gasteiger partial charge in [0.2, 0.25) is 0 Å². The highest BCUT2D eigenvalue weighted by Crippen LogP contribution is 2.22. The zero-order valence-corrected chi connectivity index (χ0v) is 11.5. The lowest BCUT2D eigenvalue weighted by molar-refractivity contribution is 0.488. The molecule has 0 heterocycles. The van der Waals surface area contributed by atoms with Crippen molar-refractivity contribution in [3.05, 3.63) is 34.1 Å². The highest BCUT2D eigenvalue weighted by molar-refractivity contribution is 9.10. The van der Waals surface area contributed by atoms with Crippen LogP contribution in [0.3, 0.4) is 0 Å². The molecule has 0 aliphatic carbocycles. The first kappa shape index (κ1) is 13.7. The number of hydrogen-bond donors (Lipinski definition) is 1. The molecule has 1 nitrogen and oxygen atoms in total. The molecule has 90 valence electrons. The summed E-state index contributed by atoms with van der Waals surface area (Å²) in [7, 11) is 0. The monoisotopic (exact) mass is 287 g/mol. The van der Waals surface area contributed by atoms with Gasteiger partial charge in [0.05, 0.1) is 4.47 Å². The second kappa shape index (κ2) is 7.02. The van der Waals surface area contributed by atoms with Crippen molar-refractivity contribution in [3.63, 3.8) is 0 Å². The van der Waals surface area contributed by atoms with E-state index in [1.807, 2.05) is 6.07 Å². The number of rotatable bonds is 6. The Hall–Kier alpha value is -0.410. The first-order valence-corrected chi connectivity index (χ1v) is 6.58. The average molecular weight is 288 g/mol. The van der Waals surface area contributed by atoms with Gasteiger partial charge < -0.3 is 5.32 Å². The molecule has 1 atom stereocenters. The minimum atomic E-state index is -0.170. The normalized spacial score (nSPS) is 12.8. The summed E-state index contributed by atoms with van der Waals surface area (Å²) in [5.74, 6) is 0.451. The molecule has 0 amide bonds. The van der Waals surface area contributed by atoms with Gasteiger partial charge in [0.15, 0.2) is 0 Å². The van der Waals surface area contributed by atoms with Gasteiger partial charge in [-0.2, -0.15) is 0 Å². The maximum atomic E-state index is 13.2. The molecule has 3 heteroatoms. The predicted octanol–water partition coefficient (Wildman–Crippen LogP) is 3.77. The van der Waals surface area contributed by atoms with Crippen molar-refractivity contribution in [2.45, 2.75) is 26.7 Å². The van der Waals surface area contributed by atoms with Crippen molar-refractivity contribution >= 4 is 15.9 Å². The first-order valence-electron chi connectivity index (χ1n) is 5.78. The van der Waals surface area contributed by atoms with Crippen molar-refractivity contribution in [1.82, 2.24) is 5.32 Å². The topological polar surface area (TPSA) is 12.0 Å². The van der Waals surface area contributed by atoms with Crippen LogP contribution in [0.2, 0.25) is 0 Å². The van der Waals surface area contributed by atoms with Gasteiger partial charge in [-0.3, -0.25) is 0 Å². The molecule has 1 N–H and O–H groups in total.